The molecule has 0 heterocycles. The largest absolute Gasteiger partial charge is 0.391 e. The van der Waals surface area contributed by atoms with Crippen molar-refractivity contribution in [3.63, 3.8) is 0 Å². The van der Waals surface area contributed by atoms with Gasteiger partial charge in [0.05, 0.1) is 12.1 Å². The standard InChI is InChI=1S/C14H19FN2O2/c15-11-7-5-10(6-8-11)9-16-14(19)17-12-3-1-2-4-13(12)18/h5-8,12-13,18H,1-4,9H2,(H2,16,17,19)/t12-,13-/m0/s1. The second kappa shape index (κ2) is 6.52. The molecule has 1 saturated carbocycles. The van der Waals surface area contributed by atoms with Gasteiger partial charge in [-0.05, 0) is 30.5 Å². The van der Waals surface area contributed by atoms with Crippen molar-refractivity contribution in [2.75, 3.05) is 0 Å². The summed E-state index contributed by atoms with van der Waals surface area (Å²) in [6, 6.07) is 5.52. The Morgan fingerprint density at radius 2 is 1.95 bits per heavy atom. The van der Waals surface area contributed by atoms with E-state index in [9.17, 15) is 14.3 Å². The van der Waals surface area contributed by atoms with Gasteiger partial charge in [0, 0.05) is 6.54 Å². The molecule has 1 aliphatic carbocycles. The van der Waals surface area contributed by atoms with E-state index in [1.165, 1.54) is 12.1 Å². The van der Waals surface area contributed by atoms with Crippen molar-refractivity contribution in [2.45, 2.75) is 44.4 Å². The van der Waals surface area contributed by atoms with E-state index in [4.69, 9.17) is 0 Å². The predicted molar refractivity (Wildman–Crippen MR) is 70.0 cm³/mol. The molecule has 1 aromatic carbocycles. The summed E-state index contributed by atoms with van der Waals surface area (Å²) in [6.07, 6.45) is 3.13. The van der Waals surface area contributed by atoms with Gasteiger partial charge >= 0.3 is 6.03 Å². The minimum Gasteiger partial charge on any atom is -0.391 e. The van der Waals surface area contributed by atoms with Crippen molar-refractivity contribution in [3.05, 3.63) is 35.6 Å². The summed E-state index contributed by atoms with van der Waals surface area (Å²) in [7, 11) is 0. The van der Waals surface area contributed by atoms with E-state index < -0.39 is 6.10 Å². The molecular formula is C14H19FN2O2. The molecule has 0 aromatic heterocycles. The molecule has 0 aliphatic heterocycles. The molecule has 4 nitrogen and oxygen atoms in total. The monoisotopic (exact) mass is 266 g/mol. The minimum atomic E-state index is -0.453. The highest BCUT2D eigenvalue weighted by molar-refractivity contribution is 5.74. The second-order valence-corrected chi connectivity index (χ2v) is 4.91. The third-order valence-corrected chi connectivity index (χ3v) is 3.41. The van der Waals surface area contributed by atoms with Crippen LogP contribution in [0, 0.1) is 5.82 Å². The van der Waals surface area contributed by atoms with E-state index in [0.29, 0.717) is 6.54 Å². The number of rotatable bonds is 3. The Kier molecular flexibility index (Phi) is 4.74. The lowest BCUT2D eigenvalue weighted by Crippen LogP contribution is -2.48. The Bertz CT molecular complexity index is 422. The summed E-state index contributed by atoms with van der Waals surface area (Å²) in [5.74, 6) is -0.293. The molecule has 104 valence electrons. The zero-order chi connectivity index (χ0) is 13.7. The molecule has 1 fully saturated rings. The lowest BCUT2D eigenvalue weighted by atomic mass is 9.93. The van der Waals surface area contributed by atoms with Gasteiger partial charge in [-0.1, -0.05) is 25.0 Å². The van der Waals surface area contributed by atoms with Crippen LogP contribution in [0.5, 0.6) is 0 Å². The predicted octanol–water partition coefficient (Wildman–Crippen LogP) is 1.93. The van der Waals surface area contributed by atoms with Crippen molar-refractivity contribution in [1.82, 2.24) is 10.6 Å². The van der Waals surface area contributed by atoms with Crippen LogP contribution in [0.25, 0.3) is 0 Å². The lowest BCUT2D eigenvalue weighted by molar-refractivity contribution is 0.0943. The number of carbonyl (C=O) groups excluding carboxylic acids is 1. The maximum absolute atomic E-state index is 12.7. The van der Waals surface area contributed by atoms with Crippen molar-refractivity contribution in [1.29, 1.82) is 0 Å². The van der Waals surface area contributed by atoms with E-state index in [2.05, 4.69) is 10.6 Å². The van der Waals surface area contributed by atoms with Gasteiger partial charge in [-0.2, -0.15) is 0 Å². The maximum Gasteiger partial charge on any atom is 0.315 e. The van der Waals surface area contributed by atoms with Gasteiger partial charge in [0.25, 0.3) is 0 Å². The quantitative estimate of drug-likeness (QED) is 0.783. The summed E-state index contributed by atoms with van der Waals surface area (Å²) in [6.45, 7) is 0.342. The molecule has 1 aromatic rings. The Hall–Kier alpha value is -1.62. The number of nitrogens with one attached hydrogen (secondary N) is 2. The third-order valence-electron chi connectivity index (χ3n) is 3.41. The van der Waals surface area contributed by atoms with Crippen LogP contribution in [0.2, 0.25) is 0 Å². The van der Waals surface area contributed by atoms with E-state index in [-0.39, 0.29) is 17.9 Å². The smallest absolute Gasteiger partial charge is 0.315 e. The zero-order valence-corrected chi connectivity index (χ0v) is 10.7. The van der Waals surface area contributed by atoms with Gasteiger partial charge in [0.15, 0.2) is 0 Å². The number of halogens is 1. The first-order valence-corrected chi connectivity index (χ1v) is 6.62. The van der Waals surface area contributed by atoms with Crippen LogP contribution in [0.3, 0.4) is 0 Å². The van der Waals surface area contributed by atoms with Crippen LogP contribution in [-0.4, -0.2) is 23.3 Å². The zero-order valence-electron chi connectivity index (χ0n) is 10.7. The van der Waals surface area contributed by atoms with E-state index in [0.717, 1.165) is 31.2 Å². The molecule has 0 bridgehead atoms. The topological polar surface area (TPSA) is 61.4 Å². The van der Waals surface area contributed by atoms with Crippen LogP contribution in [0.4, 0.5) is 9.18 Å². The van der Waals surface area contributed by atoms with Gasteiger partial charge in [-0.15, -0.1) is 0 Å². The molecule has 2 rings (SSSR count). The van der Waals surface area contributed by atoms with Crippen LogP contribution in [-0.2, 0) is 6.54 Å². The van der Waals surface area contributed by atoms with Crippen molar-refractivity contribution in [2.24, 2.45) is 0 Å². The molecular weight excluding hydrogens is 247 g/mol. The summed E-state index contributed by atoms with van der Waals surface area (Å²) in [5, 5.41) is 15.2. The Balaban J connectivity index is 1.76. The molecule has 0 unspecified atom stereocenters. The number of aliphatic hydroxyl groups is 1. The maximum atomic E-state index is 12.7. The first kappa shape index (κ1) is 13.8. The molecule has 2 amide bonds. The van der Waals surface area contributed by atoms with Crippen LogP contribution in [0.1, 0.15) is 31.2 Å². The SMILES string of the molecule is O=C(NCc1ccc(F)cc1)N[C@H]1CCCC[C@@H]1O. The highest BCUT2D eigenvalue weighted by Gasteiger charge is 2.24. The number of amides is 2. The molecule has 0 spiro atoms. The first-order chi connectivity index (χ1) is 9.15. The van der Waals surface area contributed by atoms with Crippen molar-refractivity contribution in [3.8, 4) is 0 Å². The number of benzene rings is 1. The van der Waals surface area contributed by atoms with Crippen molar-refractivity contribution >= 4 is 6.03 Å². The summed E-state index contributed by atoms with van der Waals surface area (Å²) in [4.78, 5) is 11.7. The summed E-state index contributed by atoms with van der Waals surface area (Å²) in [5.41, 5.74) is 0.834. The van der Waals surface area contributed by atoms with Crippen molar-refractivity contribution < 1.29 is 14.3 Å². The van der Waals surface area contributed by atoms with E-state index in [1.807, 2.05) is 0 Å². The Morgan fingerprint density at radius 3 is 2.63 bits per heavy atom. The average molecular weight is 266 g/mol. The summed E-state index contributed by atoms with van der Waals surface area (Å²) >= 11 is 0. The summed E-state index contributed by atoms with van der Waals surface area (Å²) < 4.78 is 12.7. The first-order valence-electron chi connectivity index (χ1n) is 6.62. The number of hydrogen-bond acceptors (Lipinski definition) is 2. The second-order valence-electron chi connectivity index (χ2n) is 4.91. The molecule has 0 saturated heterocycles. The normalized spacial score (nSPS) is 22.8. The van der Waals surface area contributed by atoms with Crippen LogP contribution in [0.15, 0.2) is 24.3 Å². The highest BCUT2D eigenvalue weighted by atomic mass is 19.1. The van der Waals surface area contributed by atoms with E-state index >= 15 is 0 Å². The number of hydrogen-bond donors (Lipinski definition) is 3. The van der Waals surface area contributed by atoms with E-state index in [1.54, 1.807) is 12.1 Å². The van der Waals surface area contributed by atoms with Crippen LogP contribution >= 0.6 is 0 Å². The number of urea groups is 1. The molecule has 0 radical (unpaired) electrons. The fourth-order valence-electron chi connectivity index (χ4n) is 2.28. The number of carbonyl (C=O) groups is 1. The van der Waals surface area contributed by atoms with Gasteiger partial charge in [0.2, 0.25) is 0 Å². The fraction of sp³-hybridized carbons (Fsp3) is 0.500. The van der Waals surface area contributed by atoms with Gasteiger partial charge in [-0.25, -0.2) is 9.18 Å². The lowest BCUT2D eigenvalue weighted by Gasteiger charge is -2.28. The molecule has 5 heteroatoms. The van der Waals surface area contributed by atoms with Gasteiger partial charge < -0.3 is 15.7 Å². The molecule has 3 N–H and O–H groups in total. The fourth-order valence-corrected chi connectivity index (χ4v) is 2.28. The molecule has 1 aliphatic rings. The van der Waals surface area contributed by atoms with Gasteiger partial charge in [-0.3, -0.25) is 0 Å². The average Bonchev–Trinajstić information content (AvgIpc) is 2.41. The van der Waals surface area contributed by atoms with Crippen LogP contribution < -0.4 is 10.6 Å². The van der Waals surface area contributed by atoms with Gasteiger partial charge in [0.1, 0.15) is 5.82 Å². The minimum absolute atomic E-state index is 0.165. The third kappa shape index (κ3) is 4.21. The Labute approximate surface area is 112 Å². The molecule has 2 atom stereocenters. The number of aliphatic hydroxyl groups excluding tert-OH is 1. The molecule has 19 heavy (non-hydrogen) atoms. The highest BCUT2D eigenvalue weighted by Crippen LogP contribution is 2.18. The Morgan fingerprint density at radius 1 is 1.26 bits per heavy atom.